The molecule has 4 nitrogen and oxygen atoms in total. The number of benzene rings is 1. The second kappa shape index (κ2) is 6.20. The van der Waals surface area contributed by atoms with Crippen LogP contribution in [0.15, 0.2) is 42.7 Å². The standard InChI is InChI=1S/C14H13ClN2O2/c1-19-13-3-2-11(15)9-12(13)17-14(18)8-10-4-6-16-7-5-10/h2-7,9H,8H2,1H3,(H,17,18). The highest BCUT2D eigenvalue weighted by atomic mass is 35.5. The molecular weight excluding hydrogens is 264 g/mol. The van der Waals surface area contributed by atoms with E-state index in [2.05, 4.69) is 10.3 Å². The largest absolute Gasteiger partial charge is 0.495 e. The first-order valence-electron chi connectivity index (χ1n) is 5.71. The topological polar surface area (TPSA) is 51.2 Å². The van der Waals surface area contributed by atoms with E-state index < -0.39 is 0 Å². The molecule has 0 saturated heterocycles. The Morgan fingerprint density at radius 1 is 1.32 bits per heavy atom. The highest BCUT2D eigenvalue weighted by Crippen LogP contribution is 2.27. The van der Waals surface area contributed by atoms with Gasteiger partial charge >= 0.3 is 0 Å². The van der Waals surface area contributed by atoms with Gasteiger partial charge in [0.1, 0.15) is 5.75 Å². The van der Waals surface area contributed by atoms with E-state index in [0.29, 0.717) is 16.5 Å². The molecule has 1 aromatic carbocycles. The molecule has 0 aliphatic heterocycles. The molecule has 0 spiro atoms. The summed E-state index contributed by atoms with van der Waals surface area (Å²) in [6, 6.07) is 8.68. The molecule has 0 radical (unpaired) electrons. The summed E-state index contributed by atoms with van der Waals surface area (Å²) in [6.07, 6.45) is 3.59. The molecule has 0 aliphatic carbocycles. The lowest BCUT2D eigenvalue weighted by atomic mass is 10.2. The number of hydrogen-bond acceptors (Lipinski definition) is 3. The smallest absolute Gasteiger partial charge is 0.228 e. The molecule has 5 heteroatoms. The summed E-state index contributed by atoms with van der Waals surface area (Å²) >= 11 is 5.90. The number of amides is 1. The van der Waals surface area contributed by atoms with Crippen molar-refractivity contribution < 1.29 is 9.53 Å². The van der Waals surface area contributed by atoms with E-state index in [0.717, 1.165) is 5.56 Å². The lowest BCUT2D eigenvalue weighted by Gasteiger charge is -2.10. The molecule has 0 bridgehead atoms. The minimum Gasteiger partial charge on any atom is -0.495 e. The maximum Gasteiger partial charge on any atom is 0.228 e. The van der Waals surface area contributed by atoms with Gasteiger partial charge in [0.2, 0.25) is 5.91 Å². The molecule has 1 N–H and O–H groups in total. The van der Waals surface area contributed by atoms with Crippen molar-refractivity contribution in [2.24, 2.45) is 0 Å². The number of halogens is 1. The fourth-order valence-corrected chi connectivity index (χ4v) is 1.83. The number of nitrogens with zero attached hydrogens (tertiary/aromatic N) is 1. The zero-order valence-corrected chi connectivity index (χ0v) is 11.1. The van der Waals surface area contributed by atoms with E-state index in [9.17, 15) is 4.79 Å². The van der Waals surface area contributed by atoms with E-state index in [-0.39, 0.29) is 12.3 Å². The quantitative estimate of drug-likeness (QED) is 0.934. The molecule has 1 heterocycles. The summed E-state index contributed by atoms with van der Waals surface area (Å²) in [7, 11) is 1.54. The number of aromatic nitrogens is 1. The Hall–Kier alpha value is -2.07. The fourth-order valence-electron chi connectivity index (χ4n) is 1.66. The molecule has 0 aliphatic rings. The summed E-state index contributed by atoms with van der Waals surface area (Å²) in [4.78, 5) is 15.8. The first-order valence-corrected chi connectivity index (χ1v) is 6.09. The van der Waals surface area contributed by atoms with Crippen LogP contribution >= 0.6 is 11.6 Å². The highest BCUT2D eigenvalue weighted by Gasteiger charge is 2.08. The number of pyridine rings is 1. The molecule has 0 atom stereocenters. The average molecular weight is 277 g/mol. The third-order valence-electron chi connectivity index (χ3n) is 2.55. The van der Waals surface area contributed by atoms with Crippen molar-refractivity contribution >= 4 is 23.2 Å². The highest BCUT2D eigenvalue weighted by molar-refractivity contribution is 6.31. The zero-order valence-electron chi connectivity index (χ0n) is 10.4. The second-order valence-electron chi connectivity index (χ2n) is 3.93. The zero-order chi connectivity index (χ0) is 13.7. The van der Waals surface area contributed by atoms with Crippen LogP contribution in [0, 0.1) is 0 Å². The Morgan fingerprint density at radius 2 is 2.05 bits per heavy atom. The van der Waals surface area contributed by atoms with E-state index in [1.807, 2.05) is 0 Å². The minimum atomic E-state index is -0.133. The first-order chi connectivity index (χ1) is 9.19. The van der Waals surface area contributed by atoms with Gasteiger partial charge in [0.25, 0.3) is 0 Å². The average Bonchev–Trinajstić information content (AvgIpc) is 2.40. The lowest BCUT2D eigenvalue weighted by Crippen LogP contribution is -2.15. The van der Waals surface area contributed by atoms with Gasteiger partial charge in [0.15, 0.2) is 0 Å². The molecule has 0 unspecified atom stereocenters. The summed E-state index contributed by atoms with van der Waals surface area (Å²) in [6.45, 7) is 0. The Balaban J connectivity index is 2.09. The maximum absolute atomic E-state index is 11.9. The number of rotatable bonds is 4. The summed E-state index contributed by atoms with van der Waals surface area (Å²) in [5, 5.41) is 3.32. The Morgan fingerprint density at radius 3 is 2.74 bits per heavy atom. The number of anilines is 1. The molecule has 2 rings (SSSR count). The van der Waals surface area contributed by atoms with Crippen molar-refractivity contribution in [3.05, 3.63) is 53.3 Å². The van der Waals surface area contributed by atoms with Crippen molar-refractivity contribution in [2.75, 3.05) is 12.4 Å². The molecule has 0 fully saturated rings. The van der Waals surface area contributed by atoms with Crippen molar-refractivity contribution in [3.8, 4) is 5.75 Å². The second-order valence-corrected chi connectivity index (χ2v) is 4.36. The predicted octanol–water partition coefficient (Wildman–Crippen LogP) is 2.92. The third-order valence-corrected chi connectivity index (χ3v) is 2.78. The van der Waals surface area contributed by atoms with Crippen LogP contribution in [-0.4, -0.2) is 18.0 Å². The first kappa shape index (κ1) is 13.4. The predicted molar refractivity (Wildman–Crippen MR) is 74.6 cm³/mol. The molecular formula is C14H13ClN2O2. The van der Waals surface area contributed by atoms with Gasteiger partial charge in [-0.3, -0.25) is 9.78 Å². The van der Waals surface area contributed by atoms with E-state index in [4.69, 9.17) is 16.3 Å². The number of methoxy groups -OCH3 is 1. The Bertz CT molecular complexity index is 573. The molecule has 1 aromatic heterocycles. The minimum absolute atomic E-state index is 0.133. The van der Waals surface area contributed by atoms with Crippen LogP contribution in [-0.2, 0) is 11.2 Å². The molecule has 19 heavy (non-hydrogen) atoms. The number of nitrogens with one attached hydrogen (secondary N) is 1. The van der Waals surface area contributed by atoms with Gasteiger partial charge in [-0.05, 0) is 35.9 Å². The van der Waals surface area contributed by atoms with Gasteiger partial charge in [-0.2, -0.15) is 0 Å². The van der Waals surface area contributed by atoms with Crippen molar-refractivity contribution in [1.29, 1.82) is 0 Å². The fraction of sp³-hybridized carbons (Fsp3) is 0.143. The molecule has 1 amide bonds. The summed E-state index contributed by atoms with van der Waals surface area (Å²) in [5.74, 6) is 0.444. The van der Waals surface area contributed by atoms with Gasteiger partial charge in [0, 0.05) is 17.4 Å². The number of hydrogen-bond donors (Lipinski definition) is 1. The van der Waals surface area contributed by atoms with E-state index in [1.54, 1.807) is 49.8 Å². The summed E-state index contributed by atoms with van der Waals surface area (Å²) in [5.41, 5.74) is 1.46. The van der Waals surface area contributed by atoms with Gasteiger partial charge in [-0.15, -0.1) is 0 Å². The SMILES string of the molecule is COc1ccc(Cl)cc1NC(=O)Cc1ccncc1. The number of ether oxygens (including phenoxy) is 1. The van der Waals surface area contributed by atoms with Crippen LogP contribution in [0.4, 0.5) is 5.69 Å². The van der Waals surface area contributed by atoms with E-state index in [1.165, 1.54) is 0 Å². The molecule has 0 saturated carbocycles. The monoisotopic (exact) mass is 276 g/mol. The van der Waals surface area contributed by atoms with Gasteiger partial charge < -0.3 is 10.1 Å². The normalized spacial score (nSPS) is 10.0. The van der Waals surface area contributed by atoms with Crippen molar-refractivity contribution in [2.45, 2.75) is 6.42 Å². The summed E-state index contributed by atoms with van der Waals surface area (Å²) < 4.78 is 5.17. The van der Waals surface area contributed by atoms with E-state index >= 15 is 0 Å². The third kappa shape index (κ3) is 3.69. The van der Waals surface area contributed by atoms with Crippen molar-refractivity contribution in [3.63, 3.8) is 0 Å². The van der Waals surface area contributed by atoms with Gasteiger partial charge in [0.05, 0.1) is 19.2 Å². The van der Waals surface area contributed by atoms with Crippen LogP contribution in [0.2, 0.25) is 5.02 Å². The Kier molecular flexibility index (Phi) is 4.36. The van der Waals surface area contributed by atoms with Gasteiger partial charge in [-0.25, -0.2) is 0 Å². The van der Waals surface area contributed by atoms with Crippen LogP contribution in [0.25, 0.3) is 0 Å². The van der Waals surface area contributed by atoms with Crippen molar-refractivity contribution in [1.82, 2.24) is 4.98 Å². The van der Waals surface area contributed by atoms with Crippen LogP contribution in [0.3, 0.4) is 0 Å². The lowest BCUT2D eigenvalue weighted by molar-refractivity contribution is -0.115. The van der Waals surface area contributed by atoms with Crippen LogP contribution in [0.1, 0.15) is 5.56 Å². The Labute approximate surface area is 116 Å². The number of carbonyl (C=O) groups excluding carboxylic acids is 1. The van der Waals surface area contributed by atoms with Crippen LogP contribution < -0.4 is 10.1 Å². The van der Waals surface area contributed by atoms with Crippen LogP contribution in [0.5, 0.6) is 5.75 Å². The molecule has 2 aromatic rings. The van der Waals surface area contributed by atoms with Gasteiger partial charge in [-0.1, -0.05) is 11.6 Å². The molecule has 98 valence electrons. The maximum atomic E-state index is 11.9. The number of carbonyl (C=O) groups is 1.